The van der Waals surface area contributed by atoms with Gasteiger partial charge in [-0.15, -0.1) is 0 Å². The second kappa shape index (κ2) is 9.06. The second-order valence-corrected chi connectivity index (χ2v) is 6.20. The molecule has 0 saturated carbocycles. The van der Waals surface area contributed by atoms with Crippen molar-refractivity contribution < 1.29 is 23.8 Å². The van der Waals surface area contributed by atoms with Gasteiger partial charge in [-0.3, -0.25) is 4.79 Å². The smallest absolute Gasteiger partial charge is 0.330 e. The molecule has 0 fully saturated rings. The molecule has 0 spiro atoms. The van der Waals surface area contributed by atoms with Gasteiger partial charge in [0.2, 0.25) is 5.78 Å². The number of fused-ring (bicyclic) bond motifs is 1. The zero-order chi connectivity index (χ0) is 20.8. The number of ether oxygens (including phenoxy) is 3. The second-order valence-electron chi connectivity index (χ2n) is 6.20. The molecule has 3 rings (SSSR count). The molecule has 0 saturated heterocycles. The average molecular weight is 390 g/mol. The number of rotatable bonds is 7. The molecular formula is C24H22O5. The minimum atomic E-state index is -0.464. The molecule has 0 N–H and O–H groups in total. The third-order valence-electron chi connectivity index (χ3n) is 4.54. The average Bonchev–Trinajstić information content (AvgIpc) is 2.76. The van der Waals surface area contributed by atoms with Crippen LogP contribution in [-0.2, 0) is 9.53 Å². The molecule has 0 aliphatic heterocycles. The van der Waals surface area contributed by atoms with E-state index in [0.717, 1.165) is 10.8 Å². The van der Waals surface area contributed by atoms with E-state index in [0.29, 0.717) is 28.2 Å². The number of methoxy groups -OCH3 is 2. The lowest BCUT2D eigenvalue weighted by Crippen LogP contribution is -2.09. The number of carbonyl (C=O) groups excluding carboxylic acids is 2. The lowest BCUT2D eigenvalue weighted by molar-refractivity contribution is -0.137. The van der Waals surface area contributed by atoms with E-state index < -0.39 is 5.97 Å². The van der Waals surface area contributed by atoms with Crippen LogP contribution in [0.25, 0.3) is 16.8 Å². The topological polar surface area (TPSA) is 61.8 Å². The molecule has 0 heterocycles. The van der Waals surface area contributed by atoms with Gasteiger partial charge >= 0.3 is 5.97 Å². The zero-order valence-electron chi connectivity index (χ0n) is 16.6. The Morgan fingerprint density at radius 1 is 0.897 bits per heavy atom. The summed E-state index contributed by atoms with van der Waals surface area (Å²) in [6.45, 7) is 2.02. The molecular weight excluding hydrogens is 368 g/mol. The van der Waals surface area contributed by atoms with Crippen LogP contribution < -0.4 is 9.47 Å². The first-order valence-electron chi connectivity index (χ1n) is 9.23. The summed E-state index contributed by atoms with van der Waals surface area (Å²) in [5.74, 6) is 0.118. The molecule has 3 aromatic carbocycles. The van der Waals surface area contributed by atoms with E-state index in [-0.39, 0.29) is 12.4 Å². The zero-order valence-corrected chi connectivity index (χ0v) is 16.6. The maximum atomic E-state index is 13.5. The third-order valence-corrected chi connectivity index (χ3v) is 4.54. The largest absolute Gasteiger partial charge is 0.496 e. The van der Waals surface area contributed by atoms with Crippen molar-refractivity contribution in [2.24, 2.45) is 0 Å². The molecule has 0 unspecified atom stereocenters. The van der Waals surface area contributed by atoms with Gasteiger partial charge in [0.15, 0.2) is 0 Å². The highest BCUT2D eigenvalue weighted by molar-refractivity contribution is 6.17. The van der Waals surface area contributed by atoms with Crippen LogP contribution in [0.3, 0.4) is 0 Å². The molecule has 29 heavy (non-hydrogen) atoms. The van der Waals surface area contributed by atoms with Crippen molar-refractivity contribution in [3.05, 3.63) is 77.4 Å². The number of ketones is 1. The van der Waals surface area contributed by atoms with E-state index in [1.54, 1.807) is 37.3 Å². The van der Waals surface area contributed by atoms with Crippen LogP contribution >= 0.6 is 0 Å². The van der Waals surface area contributed by atoms with E-state index in [9.17, 15) is 9.59 Å². The van der Waals surface area contributed by atoms with Crippen LogP contribution in [0.5, 0.6) is 11.5 Å². The summed E-state index contributed by atoms with van der Waals surface area (Å²) in [5.41, 5.74) is 1.40. The highest BCUT2D eigenvalue weighted by atomic mass is 16.5. The first-order chi connectivity index (χ1) is 14.1. The lowest BCUT2D eigenvalue weighted by Gasteiger charge is -2.14. The lowest BCUT2D eigenvalue weighted by atomic mass is 9.92. The van der Waals surface area contributed by atoms with E-state index in [4.69, 9.17) is 14.2 Å². The molecule has 5 heteroatoms. The Balaban J connectivity index is 2.21. The molecule has 148 valence electrons. The number of benzene rings is 3. The minimum Gasteiger partial charge on any atom is -0.496 e. The minimum absolute atomic E-state index is 0.256. The predicted molar refractivity (Wildman–Crippen MR) is 113 cm³/mol. The SMILES string of the molecule is CCOC(=O)/C=C/c1c(C(=O)c2c(OC)cccc2OC)ccc2ccccc12. The molecule has 0 aromatic heterocycles. The maximum Gasteiger partial charge on any atom is 0.330 e. The van der Waals surface area contributed by atoms with Gasteiger partial charge < -0.3 is 14.2 Å². The first-order valence-corrected chi connectivity index (χ1v) is 9.23. The van der Waals surface area contributed by atoms with Gasteiger partial charge in [-0.25, -0.2) is 4.79 Å². The molecule has 0 bridgehead atoms. The quantitative estimate of drug-likeness (QED) is 0.333. The summed E-state index contributed by atoms with van der Waals surface area (Å²) >= 11 is 0. The summed E-state index contributed by atoms with van der Waals surface area (Å²) in [7, 11) is 3.01. The van der Waals surface area contributed by atoms with E-state index in [1.807, 2.05) is 30.3 Å². The van der Waals surface area contributed by atoms with Crippen molar-refractivity contribution in [1.29, 1.82) is 0 Å². The van der Waals surface area contributed by atoms with E-state index in [1.165, 1.54) is 20.3 Å². The molecule has 3 aromatic rings. The van der Waals surface area contributed by atoms with Gasteiger partial charge in [0.25, 0.3) is 0 Å². The normalized spacial score (nSPS) is 10.9. The van der Waals surface area contributed by atoms with Crippen molar-refractivity contribution in [1.82, 2.24) is 0 Å². The Labute approximate surface area is 169 Å². The van der Waals surface area contributed by atoms with Gasteiger partial charge in [-0.1, -0.05) is 36.4 Å². The Kier molecular flexibility index (Phi) is 6.29. The standard InChI is InChI=1S/C24H22O5/c1-4-29-22(25)15-14-18-17-9-6-5-8-16(17)12-13-19(18)24(26)23-20(27-2)10-7-11-21(23)28-3/h5-15H,4H2,1-3H3/b15-14+. The summed E-state index contributed by atoms with van der Waals surface area (Å²) < 4.78 is 15.8. The summed E-state index contributed by atoms with van der Waals surface area (Å²) in [4.78, 5) is 25.4. The van der Waals surface area contributed by atoms with Crippen molar-refractivity contribution in [3.63, 3.8) is 0 Å². The summed E-state index contributed by atoms with van der Waals surface area (Å²) in [6, 6.07) is 16.5. The van der Waals surface area contributed by atoms with Crippen molar-refractivity contribution in [3.8, 4) is 11.5 Å². The predicted octanol–water partition coefficient (Wildman–Crippen LogP) is 4.66. The first kappa shape index (κ1) is 20.1. The fourth-order valence-electron chi connectivity index (χ4n) is 3.22. The highest BCUT2D eigenvalue weighted by Gasteiger charge is 2.22. The van der Waals surface area contributed by atoms with Crippen LogP contribution in [0.1, 0.15) is 28.4 Å². The fourth-order valence-corrected chi connectivity index (χ4v) is 3.22. The number of hydrogen-bond donors (Lipinski definition) is 0. The molecule has 5 nitrogen and oxygen atoms in total. The van der Waals surface area contributed by atoms with Crippen LogP contribution in [0, 0.1) is 0 Å². The van der Waals surface area contributed by atoms with Crippen molar-refractivity contribution >= 4 is 28.6 Å². The van der Waals surface area contributed by atoms with Crippen LogP contribution in [0.15, 0.2) is 60.7 Å². The van der Waals surface area contributed by atoms with Crippen molar-refractivity contribution in [2.45, 2.75) is 6.92 Å². The number of hydrogen-bond acceptors (Lipinski definition) is 5. The van der Waals surface area contributed by atoms with E-state index in [2.05, 4.69) is 0 Å². The molecule has 0 amide bonds. The highest BCUT2D eigenvalue weighted by Crippen LogP contribution is 2.33. The van der Waals surface area contributed by atoms with Gasteiger partial charge in [0.1, 0.15) is 17.1 Å². The molecule has 0 aliphatic rings. The Hall–Kier alpha value is -3.60. The number of esters is 1. The van der Waals surface area contributed by atoms with Crippen LogP contribution in [-0.4, -0.2) is 32.6 Å². The monoisotopic (exact) mass is 390 g/mol. The molecule has 0 radical (unpaired) electrons. The van der Waals surface area contributed by atoms with Crippen LogP contribution in [0.2, 0.25) is 0 Å². The number of carbonyl (C=O) groups is 2. The molecule has 0 aliphatic carbocycles. The summed E-state index contributed by atoms with van der Waals surface area (Å²) in [5, 5.41) is 1.81. The van der Waals surface area contributed by atoms with Crippen molar-refractivity contribution in [2.75, 3.05) is 20.8 Å². The van der Waals surface area contributed by atoms with Gasteiger partial charge in [-0.05, 0) is 47.5 Å². The Bertz CT molecular complexity index is 1060. The van der Waals surface area contributed by atoms with Crippen LogP contribution in [0.4, 0.5) is 0 Å². The Morgan fingerprint density at radius 3 is 2.24 bits per heavy atom. The summed E-state index contributed by atoms with van der Waals surface area (Å²) in [6.07, 6.45) is 2.96. The maximum absolute atomic E-state index is 13.5. The molecule has 0 atom stereocenters. The fraction of sp³-hybridized carbons (Fsp3) is 0.167. The van der Waals surface area contributed by atoms with Gasteiger partial charge in [-0.2, -0.15) is 0 Å². The third kappa shape index (κ3) is 4.14. The Morgan fingerprint density at radius 2 is 1.59 bits per heavy atom. The van der Waals surface area contributed by atoms with Gasteiger partial charge in [0, 0.05) is 11.6 Å². The van der Waals surface area contributed by atoms with Gasteiger partial charge in [0.05, 0.1) is 20.8 Å². The van der Waals surface area contributed by atoms with E-state index >= 15 is 0 Å².